The molecule has 1 heterocycles. The summed E-state index contributed by atoms with van der Waals surface area (Å²) < 4.78 is 68.7. The van der Waals surface area contributed by atoms with Gasteiger partial charge in [0.25, 0.3) is 0 Å². The standard InChI is InChI=1S/C22H21F5N2O2/c1-20(2,13-7-14(23)9-15(24)8-13)11-21(31,22(25,26)27)12-29-16-3-4-17-18(10-16)28-6-5-19(17)30/h3-10,29,31H,11-12H2,1-2H3,(H,28,30). The Morgan fingerprint density at radius 2 is 1.65 bits per heavy atom. The van der Waals surface area contributed by atoms with E-state index in [1.165, 1.54) is 44.3 Å². The molecule has 0 saturated heterocycles. The maximum Gasteiger partial charge on any atom is 0.418 e. The number of H-pyrrole nitrogens is 1. The highest BCUT2D eigenvalue weighted by Gasteiger charge is 2.55. The molecule has 2 aromatic carbocycles. The molecule has 166 valence electrons. The number of fused-ring (bicyclic) bond motifs is 1. The quantitative estimate of drug-likeness (QED) is 0.479. The molecule has 1 atom stereocenters. The second-order valence-corrected chi connectivity index (χ2v) is 8.20. The second-order valence-electron chi connectivity index (χ2n) is 8.20. The number of rotatable bonds is 6. The molecule has 3 rings (SSSR count). The van der Waals surface area contributed by atoms with Gasteiger partial charge in [0.15, 0.2) is 11.0 Å². The van der Waals surface area contributed by atoms with Crippen molar-refractivity contribution in [2.24, 2.45) is 0 Å². The van der Waals surface area contributed by atoms with Gasteiger partial charge in [-0.15, -0.1) is 0 Å². The first-order chi connectivity index (χ1) is 14.3. The zero-order valence-corrected chi connectivity index (χ0v) is 16.8. The first-order valence-electron chi connectivity index (χ1n) is 9.42. The van der Waals surface area contributed by atoms with E-state index < -0.39 is 41.8 Å². The highest BCUT2D eigenvalue weighted by atomic mass is 19.4. The molecule has 1 unspecified atom stereocenters. The zero-order valence-electron chi connectivity index (χ0n) is 16.8. The molecule has 0 fully saturated rings. The van der Waals surface area contributed by atoms with Crippen LogP contribution >= 0.6 is 0 Å². The predicted octanol–water partition coefficient (Wildman–Crippen LogP) is 4.88. The lowest BCUT2D eigenvalue weighted by Gasteiger charge is -2.38. The fraction of sp³-hybridized carbons (Fsp3) is 0.318. The summed E-state index contributed by atoms with van der Waals surface area (Å²) in [5.41, 5.74) is -4.16. The van der Waals surface area contributed by atoms with E-state index in [2.05, 4.69) is 10.3 Å². The molecule has 0 aliphatic heterocycles. The van der Waals surface area contributed by atoms with E-state index in [-0.39, 0.29) is 16.7 Å². The van der Waals surface area contributed by atoms with Gasteiger partial charge in [-0.1, -0.05) is 13.8 Å². The number of aliphatic hydroxyl groups is 1. The van der Waals surface area contributed by atoms with Crippen molar-refractivity contribution in [2.45, 2.75) is 37.5 Å². The van der Waals surface area contributed by atoms with Crippen molar-refractivity contribution in [3.8, 4) is 0 Å². The predicted molar refractivity (Wildman–Crippen MR) is 108 cm³/mol. The third-order valence-electron chi connectivity index (χ3n) is 5.25. The van der Waals surface area contributed by atoms with E-state index in [1.54, 1.807) is 0 Å². The fourth-order valence-electron chi connectivity index (χ4n) is 3.57. The summed E-state index contributed by atoms with van der Waals surface area (Å²) in [6.45, 7) is 1.84. The van der Waals surface area contributed by atoms with Crippen molar-refractivity contribution < 1.29 is 27.1 Å². The molecule has 4 nitrogen and oxygen atoms in total. The molecule has 1 aromatic heterocycles. The highest BCUT2D eigenvalue weighted by molar-refractivity contribution is 5.81. The summed E-state index contributed by atoms with van der Waals surface area (Å²) in [6.07, 6.45) is -4.45. The number of alkyl halides is 3. The average Bonchev–Trinajstić information content (AvgIpc) is 2.64. The summed E-state index contributed by atoms with van der Waals surface area (Å²) in [5, 5.41) is 13.5. The molecule has 0 aliphatic carbocycles. The molecule has 0 bridgehead atoms. The molecule has 0 radical (unpaired) electrons. The van der Waals surface area contributed by atoms with Crippen molar-refractivity contribution >= 4 is 16.6 Å². The number of anilines is 1. The average molecular weight is 440 g/mol. The maximum atomic E-state index is 13.8. The Hall–Kier alpha value is -2.94. The Morgan fingerprint density at radius 1 is 1.00 bits per heavy atom. The molecule has 0 saturated carbocycles. The van der Waals surface area contributed by atoms with Gasteiger partial charge >= 0.3 is 6.18 Å². The van der Waals surface area contributed by atoms with Crippen LogP contribution in [0.3, 0.4) is 0 Å². The molecular formula is C22H21F5N2O2. The monoisotopic (exact) mass is 440 g/mol. The molecular weight excluding hydrogens is 419 g/mol. The van der Waals surface area contributed by atoms with Crippen molar-refractivity contribution in [3.05, 3.63) is 76.1 Å². The van der Waals surface area contributed by atoms with Crippen LogP contribution in [-0.2, 0) is 5.41 Å². The van der Waals surface area contributed by atoms with Crippen molar-refractivity contribution in [3.63, 3.8) is 0 Å². The minimum atomic E-state index is -5.02. The first-order valence-corrected chi connectivity index (χ1v) is 9.42. The van der Waals surface area contributed by atoms with Crippen LogP contribution in [0.4, 0.5) is 27.6 Å². The normalized spacial score (nSPS) is 14.5. The summed E-state index contributed by atoms with van der Waals surface area (Å²) in [6, 6.07) is 8.21. The van der Waals surface area contributed by atoms with Gasteiger partial charge in [0.1, 0.15) is 11.6 Å². The van der Waals surface area contributed by atoms with Crippen LogP contribution in [-0.4, -0.2) is 28.4 Å². The number of nitrogens with one attached hydrogen (secondary N) is 2. The van der Waals surface area contributed by atoms with E-state index >= 15 is 0 Å². The number of benzene rings is 2. The molecule has 9 heteroatoms. The van der Waals surface area contributed by atoms with Crippen LogP contribution in [0.5, 0.6) is 0 Å². The Kier molecular flexibility index (Phi) is 5.84. The Balaban J connectivity index is 1.88. The van der Waals surface area contributed by atoms with Crippen LogP contribution in [0, 0.1) is 11.6 Å². The topological polar surface area (TPSA) is 65.1 Å². The summed E-state index contributed by atoms with van der Waals surface area (Å²) in [4.78, 5) is 14.6. The van der Waals surface area contributed by atoms with Crippen LogP contribution < -0.4 is 10.7 Å². The number of halogens is 5. The van der Waals surface area contributed by atoms with Crippen LogP contribution in [0.2, 0.25) is 0 Å². The summed E-state index contributed by atoms with van der Waals surface area (Å²) in [7, 11) is 0. The Morgan fingerprint density at radius 3 is 2.26 bits per heavy atom. The minimum Gasteiger partial charge on any atom is -0.382 e. The van der Waals surface area contributed by atoms with Crippen LogP contribution in [0.1, 0.15) is 25.8 Å². The van der Waals surface area contributed by atoms with Gasteiger partial charge in [-0.3, -0.25) is 4.79 Å². The molecule has 3 aromatic rings. The lowest BCUT2D eigenvalue weighted by atomic mass is 9.74. The lowest BCUT2D eigenvalue weighted by Crippen LogP contribution is -2.53. The van der Waals surface area contributed by atoms with Gasteiger partial charge in [-0.05, 0) is 47.7 Å². The summed E-state index contributed by atoms with van der Waals surface area (Å²) >= 11 is 0. The van der Waals surface area contributed by atoms with Crippen molar-refractivity contribution in [2.75, 3.05) is 11.9 Å². The van der Waals surface area contributed by atoms with E-state index in [1.807, 2.05) is 0 Å². The third kappa shape index (κ3) is 4.87. The van der Waals surface area contributed by atoms with Crippen molar-refractivity contribution in [1.29, 1.82) is 0 Å². The number of aromatic nitrogens is 1. The van der Waals surface area contributed by atoms with E-state index in [4.69, 9.17) is 0 Å². The number of pyridine rings is 1. The molecule has 0 amide bonds. The number of aromatic amines is 1. The van der Waals surface area contributed by atoms with Gasteiger partial charge in [0.2, 0.25) is 0 Å². The number of hydrogen-bond donors (Lipinski definition) is 3. The highest BCUT2D eigenvalue weighted by Crippen LogP contribution is 2.41. The largest absolute Gasteiger partial charge is 0.418 e. The summed E-state index contributed by atoms with van der Waals surface area (Å²) in [5.74, 6) is -1.83. The Labute approximate surface area is 174 Å². The van der Waals surface area contributed by atoms with Crippen LogP contribution in [0.25, 0.3) is 10.9 Å². The lowest BCUT2D eigenvalue weighted by molar-refractivity contribution is -0.260. The van der Waals surface area contributed by atoms with Crippen LogP contribution in [0.15, 0.2) is 53.5 Å². The first kappa shape index (κ1) is 22.7. The third-order valence-corrected chi connectivity index (χ3v) is 5.25. The smallest absolute Gasteiger partial charge is 0.382 e. The maximum absolute atomic E-state index is 13.8. The minimum absolute atomic E-state index is 0.00375. The molecule has 0 aliphatic rings. The van der Waals surface area contributed by atoms with E-state index in [0.29, 0.717) is 17.0 Å². The van der Waals surface area contributed by atoms with E-state index in [0.717, 1.165) is 12.1 Å². The number of hydrogen-bond acceptors (Lipinski definition) is 3. The fourth-order valence-corrected chi connectivity index (χ4v) is 3.57. The van der Waals surface area contributed by atoms with Gasteiger partial charge in [-0.25, -0.2) is 8.78 Å². The SMILES string of the molecule is CC(C)(CC(O)(CNc1ccc2c(=O)cc[nH]c2c1)C(F)(F)F)c1cc(F)cc(F)c1. The van der Waals surface area contributed by atoms with Gasteiger partial charge in [0.05, 0.1) is 12.1 Å². The van der Waals surface area contributed by atoms with Gasteiger partial charge < -0.3 is 15.4 Å². The Bertz CT molecular complexity index is 1140. The molecule has 31 heavy (non-hydrogen) atoms. The molecule has 3 N–H and O–H groups in total. The molecule has 0 spiro atoms. The van der Waals surface area contributed by atoms with Crippen molar-refractivity contribution in [1.82, 2.24) is 4.98 Å². The van der Waals surface area contributed by atoms with E-state index in [9.17, 15) is 31.9 Å². The second kappa shape index (κ2) is 7.96. The van der Waals surface area contributed by atoms with Gasteiger partial charge in [-0.2, -0.15) is 13.2 Å². The zero-order chi connectivity index (χ0) is 23.0. The van der Waals surface area contributed by atoms with Gasteiger partial charge in [0, 0.05) is 29.4 Å².